The smallest absolute Gasteiger partial charge is 0.258 e. The van der Waals surface area contributed by atoms with Gasteiger partial charge in [-0.1, -0.05) is 38.2 Å². The number of hydrogen-bond donors (Lipinski definition) is 2. The summed E-state index contributed by atoms with van der Waals surface area (Å²) in [6, 6.07) is 3.73. The number of sulfonamides is 1. The topological polar surface area (TPSA) is 102 Å². The van der Waals surface area contributed by atoms with Crippen molar-refractivity contribution in [1.82, 2.24) is 9.71 Å². The van der Waals surface area contributed by atoms with Crippen molar-refractivity contribution in [2.24, 2.45) is 11.7 Å². The minimum atomic E-state index is -3.82. The second kappa shape index (κ2) is 7.00. The second-order valence-corrected chi connectivity index (χ2v) is 7.14. The third-order valence-electron chi connectivity index (χ3n) is 3.85. The Bertz CT molecular complexity index is 568. The van der Waals surface area contributed by atoms with Crippen LogP contribution in [0.4, 0.5) is 0 Å². The van der Waals surface area contributed by atoms with Crippen LogP contribution in [0.2, 0.25) is 0 Å². The van der Waals surface area contributed by atoms with Crippen molar-refractivity contribution in [2.75, 3.05) is 0 Å². The summed E-state index contributed by atoms with van der Waals surface area (Å²) in [4.78, 5) is 15.4. The Morgan fingerprint density at radius 1 is 1.33 bits per heavy atom. The summed E-state index contributed by atoms with van der Waals surface area (Å²) in [5, 5.41) is -0.0973. The molecule has 1 heterocycles. The average molecular weight is 311 g/mol. The largest absolute Gasteiger partial charge is 0.368 e. The quantitative estimate of drug-likeness (QED) is 0.823. The molecule has 0 saturated heterocycles. The average Bonchev–Trinajstić information content (AvgIpc) is 2.48. The molecule has 1 amide bonds. The molecule has 0 spiro atoms. The third-order valence-corrected chi connectivity index (χ3v) is 5.23. The van der Waals surface area contributed by atoms with E-state index in [0.29, 0.717) is 12.3 Å². The highest BCUT2D eigenvalue weighted by Crippen LogP contribution is 2.27. The van der Waals surface area contributed by atoms with Gasteiger partial charge in [-0.15, -0.1) is 0 Å². The lowest BCUT2D eigenvalue weighted by atomic mass is 9.85. The molecule has 1 atom stereocenters. The molecule has 7 heteroatoms. The maximum Gasteiger partial charge on any atom is 0.258 e. The number of carbonyl (C=O) groups excluding carboxylic acids is 1. The van der Waals surface area contributed by atoms with Crippen molar-refractivity contribution < 1.29 is 13.2 Å². The Balaban J connectivity index is 2.07. The first-order valence-electron chi connectivity index (χ1n) is 7.22. The van der Waals surface area contributed by atoms with Crippen LogP contribution in [-0.4, -0.2) is 25.4 Å². The van der Waals surface area contributed by atoms with Gasteiger partial charge in [0.05, 0.1) is 0 Å². The summed E-state index contributed by atoms with van der Waals surface area (Å²) in [6.45, 7) is 0. The molecule has 2 rings (SSSR count). The van der Waals surface area contributed by atoms with Gasteiger partial charge in [0.2, 0.25) is 5.91 Å². The van der Waals surface area contributed by atoms with Crippen LogP contribution < -0.4 is 10.5 Å². The lowest BCUT2D eigenvalue weighted by Crippen LogP contribution is -2.45. The van der Waals surface area contributed by atoms with Crippen molar-refractivity contribution >= 4 is 15.9 Å². The molecule has 1 aromatic rings. The van der Waals surface area contributed by atoms with Gasteiger partial charge in [0, 0.05) is 6.20 Å². The maximum atomic E-state index is 12.2. The number of carbonyl (C=O) groups is 1. The number of pyridine rings is 1. The standard InChI is InChI=1S/C14H21N3O3S/c15-14(18)12(10-11-6-2-1-3-7-11)17-21(19,20)13-8-4-5-9-16-13/h4-5,8-9,11-12,17H,1-3,6-7,10H2,(H2,15,18)/t12-/m0/s1. The van der Waals surface area contributed by atoms with Gasteiger partial charge in [-0.05, 0) is 24.5 Å². The van der Waals surface area contributed by atoms with Gasteiger partial charge in [-0.2, -0.15) is 4.72 Å². The summed E-state index contributed by atoms with van der Waals surface area (Å²) in [5.74, 6) is -0.289. The Hall–Kier alpha value is -1.47. The van der Waals surface area contributed by atoms with E-state index in [-0.39, 0.29) is 5.03 Å². The third kappa shape index (κ3) is 4.50. The first-order valence-corrected chi connectivity index (χ1v) is 8.70. The van der Waals surface area contributed by atoms with E-state index in [2.05, 4.69) is 9.71 Å². The molecule has 1 saturated carbocycles. The molecule has 6 nitrogen and oxygen atoms in total. The van der Waals surface area contributed by atoms with E-state index in [4.69, 9.17) is 5.73 Å². The number of nitrogens with one attached hydrogen (secondary N) is 1. The zero-order valence-corrected chi connectivity index (χ0v) is 12.7. The van der Waals surface area contributed by atoms with Crippen LogP contribution in [0, 0.1) is 5.92 Å². The molecule has 1 fully saturated rings. The fourth-order valence-electron chi connectivity index (χ4n) is 2.73. The number of aromatic nitrogens is 1. The van der Waals surface area contributed by atoms with Gasteiger partial charge >= 0.3 is 0 Å². The number of rotatable bonds is 6. The normalized spacial score (nSPS) is 18.3. The minimum Gasteiger partial charge on any atom is -0.368 e. The predicted octanol–water partition coefficient (Wildman–Crippen LogP) is 1.18. The zero-order valence-electron chi connectivity index (χ0n) is 11.9. The lowest BCUT2D eigenvalue weighted by molar-refractivity contribution is -0.120. The number of nitrogens with zero attached hydrogens (tertiary/aromatic N) is 1. The predicted molar refractivity (Wildman–Crippen MR) is 78.7 cm³/mol. The maximum absolute atomic E-state index is 12.2. The van der Waals surface area contributed by atoms with Crippen LogP contribution in [0.25, 0.3) is 0 Å². The fraction of sp³-hybridized carbons (Fsp3) is 0.571. The fourth-order valence-corrected chi connectivity index (χ4v) is 3.90. The first-order chi connectivity index (χ1) is 9.99. The van der Waals surface area contributed by atoms with Crippen LogP contribution in [0.15, 0.2) is 29.4 Å². The van der Waals surface area contributed by atoms with Gasteiger partial charge in [0.25, 0.3) is 10.0 Å². The van der Waals surface area contributed by atoms with E-state index in [1.807, 2.05) is 0 Å². The lowest BCUT2D eigenvalue weighted by Gasteiger charge is -2.25. The number of amides is 1. The molecule has 1 aromatic heterocycles. The molecule has 0 unspecified atom stereocenters. The number of hydrogen-bond acceptors (Lipinski definition) is 4. The van der Waals surface area contributed by atoms with E-state index in [9.17, 15) is 13.2 Å². The Morgan fingerprint density at radius 3 is 2.62 bits per heavy atom. The van der Waals surface area contributed by atoms with Crippen LogP contribution in [0.1, 0.15) is 38.5 Å². The van der Waals surface area contributed by atoms with Gasteiger partial charge in [0.15, 0.2) is 5.03 Å². The van der Waals surface area contributed by atoms with E-state index >= 15 is 0 Å². The first kappa shape index (κ1) is 15.9. The summed E-state index contributed by atoms with van der Waals surface area (Å²) in [6.07, 6.45) is 7.37. The summed E-state index contributed by atoms with van der Waals surface area (Å²) >= 11 is 0. The number of nitrogens with two attached hydrogens (primary N) is 1. The summed E-state index contributed by atoms with van der Waals surface area (Å²) in [5.41, 5.74) is 5.35. The van der Waals surface area contributed by atoms with Crippen LogP contribution >= 0.6 is 0 Å². The molecular formula is C14H21N3O3S. The van der Waals surface area contributed by atoms with Crippen molar-refractivity contribution in [2.45, 2.75) is 49.6 Å². The molecule has 21 heavy (non-hydrogen) atoms. The molecule has 3 N–H and O–H groups in total. The highest BCUT2D eigenvalue weighted by Gasteiger charge is 2.28. The van der Waals surface area contributed by atoms with Crippen molar-refractivity contribution in [1.29, 1.82) is 0 Å². The molecule has 116 valence electrons. The van der Waals surface area contributed by atoms with Gasteiger partial charge < -0.3 is 5.73 Å². The van der Waals surface area contributed by atoms with Gasteiger partial charge in [-0.25, -0.2) is 13.4 Å². The molecular weight excluding hydrogens is 290 g/mol. The van der Waals surface area contributed by atoms with Crippen LogP contribution in [0.3, 0.4) is 0 Å². The monoisotopic (exact) mass is 311 g/mol. The minimum absolute atomic E-state index is 0.0973. The van der Waals surface area contributed by atoms with E-state index in [1.54, 1.807) is 12.1 Å². The molecule has 0 aromatic carbocycles. The van der Waals surface area contributed by atoms with Crippen LogP contribution in [0.5, 0.6) is 0 Å². The molecule has 1 aliphatic carbocycles. The van der Waals surface area contributed by atoms with E-state index in [0.717, 1.165) is 25.7 Å². The summed E-state index contributed by atoms with van der Waals surface area (Å²) < 4.78 is 26.8. The molecule has 0 aliphatic heterocycles. The highest BCUT2D eigenvalue weighted by atomic mass is 32.2. The Labute approximate surface area is 125 Å². The zero-order chi connectivity index (χ0) is 15.3. The molecule has 0 radical (unpaired) electrons. The molecule has 0 bridgehead atoms. The Morgan fingerprint density at radius 2 is 2.05 bits per heavy atom. The van der Waals surface area contributed by atoms with Gasteiger partial charge in [-0.3, -0.25) is 4.79 Å². The van der Waals surface area contributed by atoms with Crippen molar-refractivity contribution in [3.8, 4) is 0 Å². The Kier molecular flexibility index (Phi) is 5.30. The van der Waals surface area contributed by atoms with E-state index < -0.39 is 22.0 Å². The van der Waals surface area contributed by atoms with E-state index in [1.165, 1.54) is 18.7 Å². The SMILES string of the molecule is NC(=O)[C@H](CC1CCCCC1)NS(=O)(=O)c1ccccn1. The van der Waals surface area contributed by atoms with Crippen molar-refractivity contribution in [3.63, 3.8) is 0 Å². The van der Waals surface area contributed by atoms with Crippen molar-refractivity contribution in [3.05, 3.63) is 24.4 Å². The van der Waals surface area contributed by atoms with Gasteiger partial charge in [0.1, 0.15) is 6.04 Å². The highest BCUT2D eigenvalue weighted by molar-refractivity contribution is 7.89. The number of primary amides is 1. The van der Waals surface area contributed by atoms with Crippen LogP contribution in [-0.2, 0) is 14.8 Å². The second-order valence-electron chi connectivity index (χ2n) is 5.48. The molecule has 1 aliphatic rings. The summed E-state index contributed by atoms with van der Waals surface area (Å²) in [7, 11) is -3.82.